The van der Waals surface area contributed by atoms with E-state index in [1.54, 1.807) is 30.3 Å². The molecule has 92 valence electrons. The Balaban J connectivity index is 2.57. The third kappa shape index (κ3) is 3.81. The van der Waals surface area contributed by atoms with Crippen LogP contribution in [0, 0.1) is 0 Å². The fourth-order valence-corrected chi connectivity index (χ4v) is 1.55. The van der Waals surface area contributed by atoms with Gasteiger partial charge in [-0.2, -0.15) is 0 Å². The number of rotatable bonds is 4. The quantitative estimate of drug-likeness (QED) is 0.846. The number of carbonyl (C=O) groups excluding carboxylic acids is 2. The molecule has 5 nitrogen and oxygen atoms in total. The van der Waals surface area contributed by atoms with Crippen molar-refractivity contribution in [1.29, 1.82) is 0 Å². The average Bonchev–Trinajstić information content (AvgIpc) is 2.35. The maximum atomic E-state index is 11.7. The number of carbonyl (C=O) groups is 2. The highest BCUT2D eigenvalue weighted by Crippen LogP contribution is 2.11. The van der Waals surface area contributed by atoms with Gasteiger partial charge < -0.3 is 10.2 Å². The predicted molar refractivity (Wildman–Crippen MR) is 67.6 cm³/mol. The lowest BCUT2D eigenvalue weighted by Crippen LogP contribution is -2.38. The van der Waals surface area contributed by atoms with Crippen LogP contribution >= 0.6 is 15.9 Å². The maximum Gasteiger partial charge on any atom is 0.254 e. The molecule has 1 heterocycles. The van der Waals surface area contributed by atoms with Crippen LogP contribution in [0.5, 0.6) is 0 Å². The fraction of sp³-hybridized carbons (Fsp3) is 0.364. The molecular weight excluding hydrogens is 286 g/mol. The minimum atomic E-state index is -0.317. The lowest BCUT2D eigenvalue weighted by molar-refractivity contribution is -0.128. The van der Waals surface area contributed by atoms with Crippen molar-refractivity contribution in [2.75, 3.05) is 20.1 Å². The molecular formula is C11H14BrN3O2. The van der Waals surface area contributed by atoms with Gasteiger partial charge in [-0.15, -0.1) is 0 Å². The molecule has 1 aromatic heterocycles. The lowest BCUT2D eigenvalue weighted by atomic mass is 10.2. The number of amides is 2. The van der Waals surface area contributed by atoms with Gasteiger partial charge in [-0.25, -0.2) is 4.98 Å². The largest absolute Gasteiger partial charge is 0.345 e. The monoisotopic (exact) mass is 299 g/mol. The summed E-state index contributed by atoms with van der Waals surface area (Å²) >= 11 is 3.18. The van der Waals surface area contributed by atoms with Gasteiger partial charge in [0, 0.05) is 19.8 Å². The zero-order valence-electron chi connectivity index (χ0n) is 9.74. The van der Waals surface area contributed by atoms with Crippen molar-refractivity contribution in [3.8, 4) is 0 Å². The van der Waals surface area contributed by atoms with E-state index in [0.717, 1.165) is 0 Å². The summed E-state index contributed by atoms with van der Waals surface area (Å²) in [5.74, 6) is -0.441. The van der Waals surface area contributed by atoms with E-state index in [0.29, 0.717) is 16.7 Å². The highest BCUT2D eigenvalue weighted by atomic mass is 79.9. The Bertz CT molecular complexity index is 423. The van der Waals surface area contributed by atoms with E-state index >= 15 is 0 Å². The Hall–Kier alpha value is -1.43. The van der Waals surface area contributed by atoms with Crippen LogP contribution in [0.4, 0.5) is 0 Å². The Morgan fingerprint density at radius 1 is 1.53 bits per heavy atom. The van der Waals surface area contributed by atoms with Crippen molar-refractivity contribution < 1.29 is 9.59 Å². The van der Waals surface area contributed by atoms with Gasteiger partial charge in [-0.1, -0.05) is 0 Å². The number of hydrogen-bond donors (Lipinski definition) is 1. The molecule has 0 aliphatic heterocycles. The van der Waals surface area contributed by atoms with Crippen LogP contribution in [0.15, 0.2) is 22.9 Å². The first kappa shape index (κ1) is 13.6. The van der Waals surface area contributed by atoms with Crippen LogP contribution in [0.25, 0.3) is 0 Å². The second-order valence-electron chi connectivity index (χ2n) is 3.43. The van der Waals surface area contributed by atoms with Crippen LogP contribution in [0.3, 0.4) is 0 Å². The molecule has 0 atom stereocenters. The fourth-order valence-electron chi connectivity index (χ4n) is 1.12. The van der Waals surface area contributed by atoms with Gasteiger partial charge in [0.05, 0.1) is 12.1 Å². The summed E-state index contributed by atoms with van der Waals surface area (Å²) in [7, 11) is 1.69. The van der Waals surface area contributed by atoms with Crippen molar-refractivity contribution >= 4 is 27.7 Å². The summed E-state index contributed by atoms with van der Waals surface area (Å²) in [5.41, 5.74) is 0.416. The van der Waals surface area contributed by atoms with E-state index in [4.69, 9.17) is 0 Å². The summed E-state index contributed by atoms with van der Waals surface area (Å²) in [6.45, 7) is 2.48. The Kier molecular flexibility index (Phi) is 5.09. The molecule has 2 amide bonds. The molecule has 6 heteroatoms. The summed E-state index contributed by atoms with van der Waals surface area (Å²) < 4.78 is 0.466. The summed E-state index contributed by atoms with van der Waals surface area (Å²) in [4.78, 5) is 28.7. The SMILES string of the molecule is CCN(C)C(=O)CNC(=O)c1cccnc1Br. The first-order valence-electron chi connectivity index (χ1n) is 5.19. The predicted octanol–water partition coefficient (Wildman–Crippen LogP) is 1.05. The van der Waals surface area contributed by atoms with Crippen molar-refractivity contribution in [3.05, 3.63) is 28.5 Å². The minimum absolute atomic E-state index is 0.00942. The van der Waals surface area contributed by atoms with Gasteiger partial charge in [0.1, 0.15) is 4.60 Å². The first-order valence-corrected chi connectivity index (χ1v) is 5.98. The van der Waals surface area contributed by atoms with Crippen LogP contribution in [-0.2, 0) is 4.79 Å². The molecule has 0 fully saturated rings. The van der Waals surface area contributed by atoms with Gasteiger partial charge in [0.2, 0.25) is 5.91 Å². The molecule has 0 aliphatic carbocycles. The van der Waals surface area contributed by atoms with Crippen LogP contribution < -0.4 is 5.32 Å². The topological polar surface area (TPSA) is 62.3 Å². The number of aromatic nitrogens is 1. The van der Waals surface area contributed by atoms with Crippen LogP contribution in [0.1, 0.15) is 17.3 Å². The number of hydrogen-bond acceptors (Lipinski definition) is 3. The molecule has 0 saturated heterocycles. The average molecular weight is 300 g/mol. The van der Waals surface area contributed by atoms with Gasteiger partial charge in [0.25, 0.3) is 5.91 Å². The van der Waals surface area contributed by atoms with Crippen molar-refractivity contribution in [2.45, 2.75) is 6.92 Å². The first-order chi connectivity index (χ1) is 8.06. The lowest BCUT2D eigenvalue weighted by Gasteiger charge is -2.14. The highest BCUT2D eigenvalue weighted by Gasteiger charge is 2.12. The smallest absolute Gasteiger partial charge is 0.254 e. The van der Waals surface area contributed by atoms with Crippen LogP contribution in [0.2, 0.25) is 0 Å². The number of pyridine rings is 1. The van der Waals surface area contributed by atoms with E-state index in [2.05, 4.69) is 26.2 Å². The molecule has 1 N–H and O–H groups in total. The number of nitrogens with one attached hydrogen (secondary N) is 1. The second kappa shape index (κ2) is 6.34. The summed E-state index contributed by atoms with van der Waals surface area (Å²) in [6.07, 6.45) is 1.58. The van der Waals surface area contributed by atoms with E-state index in [9.17, 15) is 9.59 Å². The maximum absolute atomic E-state index is 11.7. The van der Waals surface area contributed by atoms with E-state index in [-0.39, 0.29) is 18.4 Å². The highest BCUT2D eigenvalue weighted by molar-refractivity contribution is 9.10. The molecule has 0 unspecified atom stereocenters. The zero-order valence-corrected chi connectivity index (χ0v) is 11.3. The molecule has 17 heavy (non-hydrogen) atoms. The van der Waals surface area contributed by atoms with Crippen molar-refractivity contribution in [2.24, 2.45) is 0 Å². The van der Waals surface area contributed by atoms with Crippen molar-refractivity contribution in [1.82, 2.24) is 15.2 Å². The standard InChI is InChI=1S/C11H14BrN3O2/c1-3-15(2)9(16)7-14-11(17)8-5-4-6-13-10(8)12/h4-6H,3,7H2,1-2H3,(H,14,17). The summed E-state index contributed by atoms with van der Waals surface area (Å²) in [5, 5.41) is 2.55. The van der Waals surface area contributed by atoms with Gasteiger partial charge in [0.15, 0.2) is 0 Å². The van der Waals surface area contributed by atoms with Gasteiger partial charge in [-0.05, 0) is 35.0 Å². The van der Waals surface area contributed by atoms with E-state index in [1.165, 1.54) is 0 Å². The molecule has 0 bridgehead atoms. The molecule has 1 aromatic rings. The van der Waals surface area contributed by atoms with Crippen LogP contribution in [-0.4, -0.2) is 41.8 Å². The number of likely N-dealkylation sites (N-methyl/N-ethyl adjacent to an activating group) is 1. The second-order valence-corrected chi connectivity index (χ2v) is 4.18. The van der Waals surface area contributed by atoms with E-state index < -0.39 is 0 Å². The molecule has 0 aromatic carbocycles. The van der Waals surface area contributed by atoms with E-state index in [1.807, 2.05) is 6.92 Å². The molecule has 0 spiro atoms. The molecule has 0 radical (unpaired) electrons. The third-order valence-corrected chi connectivity index (χ3v) is 2.94. The van der Waals surface area contributed by atoms with Gasteiger partial charge in [-0.3, -0.25) is 9.59 Å². The number of halogens is 1. The molecule has 0 saturated carbocycles. The molecule has 1 rings (SSSR count). The summed E-state index contributed by atoms with van der Waals surface area (Å²) in [6, 6.07) is 3.31. The minimum Gasteiger partial charge on any atom is -0.345 e. The Morgan fingerprint density at radius 2 is 2.24 bits per heavy atom. The molecule has 0 aliphatic rings. The van der Waals surface area contributed by atoms with Crippen molar-refractivity contribution in [3.63, 3.8) is 0 Å². The Morgan fingerprint density at radius 3 is 2.82 bits per heavy atom. The Labute approximate surface area is 108 Å². The normalized spacial score (nSPS) is 9.82. The zero-order chi connectivity index (χ0) is 12.8. The third-order valence-electron chi connectivity index (χ3n) is 2.30. The number of nitrogens with zero attached hydrogens (tertiary/aromatic N) is 2. The van der Waals surface area contributed by atoms with Gasteiger partial charge >= 0.3 is 0 Å².